The molecule has 0 fully saturated rings. The molecule has 1 rings (SSSR count). The molecule has 0 aliphatic rings. The molecule has 0 atom stereocenters. The Morgan fingerprint density at radius 2 is 2.31 bits per heavy atom. The Morgan fingerprint density at radius 1 is 1.50 bits per heavy atom. The number of thioether (sulfide) groups is 1. The maximum absolute atomic E-state index is 5.45. The van der Waals surface area contributed by atoms with Gasteiger partial charge in [0.05, 0.1) is 19.3 Å². The Hall–Kier alpha value is -0.660. The van der Waals surface area contributed by atoms with Crippen LogP contribution in [0, 0.1) is 0 Å². The number of hydrogen-bond acceptors (Lipinski definition) is 6. The molecular formula is C9H19N5OS. The Balaban J connectivity index is 2.27. The lowest BCUT2D eigenvalue weighted by molar-refractivity contribution is 0.0920. The number of aromatic nitrogens is 4. The molecule has 1 heterocycles. The summed E-state index contributed by atoms with van der Waals surface area (Å²) in [6.07, 6.45) is 0.279. The predicted octanol–water partition coefficient (Wildman–Crippen LogP) is 0.410. The van der Waals surface area contributed by atoms with Gasteiger partial charge in [0.2, 0.25) is 5.16 Å². The van der Waals surface area contributed by atoms with E-state index in [1.54, 1.807) is 16.4 Å². The van der Waals surface area contributed by atoms with Gasteiger partial charge < -0.3 is 10.1 Å². The van der Waals surface area contributed by atoms with Gasteiger partial charge in [0.1, 0.15) is 0 Å². The smallest absolute Gasteiger partial charge is 0.209 e. The minimum Gasteiger partial charge on any atom is -0.378 e. The topological polar surface area (TPSA) is 64.9 Å². The van der Waals surface area contributed by atoms with Crippen molar-refractivity contribution in [3.05, 3.63) is 0 Å². The van der Waals surface area contributed by atoms with E-state index in [0.717, 1.165) is 30.6 Å². The molecule has 92 valence electrons. The molecule has 0 bridgehead atoms. The van der Waals surface area contributed by atoms with Gasteiger partial charge in [0.15, 0.2) is 0 Å². The van der Waals surface area contributed by atoms with Gasteiger partial charge in [0.25, 0.3) is 0 Å². The third-order valence-electron chi connectivity index (χ3n) is 1.84. The fourth-order valence-corrected chi connectivity index (χ4v) is 1.81. The second-order valence-electron chi connectivity index (χ2n) is 3.56. The standard InChI is InChI=1S/C9H19N5OS/c1-8(2)15-6-7-16-9-11-12-13-14(9)5-4-10-3/h8,10H,4-7H2,1-3H3. The normalized spacial score (nSPS) is 11.2. The fourth-order valence-electron chi connectivity index (χ4n) is 1.07. The van der Waals surface area contributed by atoms with Crippen LogP contribution in [-0.2, 0) is 11.3 Å². The van der Waals surface area contributed by atoms with Gasteiger partial charge in [-0.3, -0.25) is 0 Å². The van der Waals surface area contributed by atoms with E-state index in [9.17, 15) is 0 Å². The third-order valence-corrected chi connectivity index (χ3v) is 2.76. The van der Waals surface area contributed by atoms with Gasteiger partial charge >= 0.3 is 0 Å². The zero-order chi connectivity index (χ0) is 11.8. The van der Waals surface area contributed by atoms with Crippen LogP contribution in [0.3, 0.4) is 0 Å². The summed E-state index contributed by atoms with van der Waals surface area (Å²) in [5.74, 6) is 0.873. The molecule has 0 aromatic carbocycles. The average Bonchev–Trinajstić information content (AvgIpc) is 2.69. The quantitative estimate of drug-likeness (QED) is 0.528. The lowest BCUT2D eigenvalue weighted by Crippen LogP contribution is -2.16. The summed E-state index contributed by atoms with van der Waals surface area (Å²) >= 11 is 1.62. The first-order valence-electron chi connectivity index (χ1n) is 5.39. The van der Waals surface area contributed by atoms with E-state index in [4.69, 9.17) is 4.74 Å². The van der Waals surface area contributed by atoms with Crippen LogP contribution in [0.5, 0.6) is 0 Å². The second-order valence-corrected chi connectivity index (χ2v) is 4.62. The van der Waals surface area contributed by atoms with Gasteiger partial charge in [-0.2, -0.15) is 0 Å². The highest BCUT2D eigenvalue weighted by Gasteiger charge is 2.05. The summed E-state index contributed by atoms with van der Waals surface area (Å²) in [7, 11) is 1.91. The highest BCUT2D eigenvalue weighted by Crippen LogP contribution is 2.12. The molecule has 1 aromatic heterocycles. The molecular weight excluding hydrogens is 226 g/mol. The Labute approximate surface area is 100 Å². The number of tetrazole rings is 1. The Morgan fingerprint density at radius 3 is 3.00 bits per heavy atom. The molecule has 0 spiro atoms. The van der Waals surface area contributed by atoms with Gasteiger partial charge in [-0.05, 0) is 31.3 Å². The summed E-state index contributed by atoms with van der Waals surface area (Å²) in [6.45, 7) is 6.43. The van der Waals surface area contributed by atoms with Crippen LogP contribution in [0.4, 0.5) is 0 Å². The number of nitrogens with one attached hydrogen (secondary N) is 1. The largest absolute Gasteiger partial charge is 0.378 e. The molecule has 7 heteroatoms. The molecule has 0 amide bonds. The van der Waals surface area contributed by atoms with Crippen LogP contribution in [0.15, 0.2) is 5.16 Å². The van der Waals surface area contributed by atoms with E-state index in [-0.39, 0.29) is 6.10 Å². The molecule has 1 N–H and O–H groups in total. The summed E-state index contributed by atoms with van der Waals surface area (Å²) in [5, 5.41) is 15.5. The molecule has 0 saturated heterocycles. The highest BCUT2D eigenvalue weighted by atomic mass is 32.2. The van der Waals surface area contributed by atoms with Crippen molar-refractivity contribution in [1.82, 2.24) is 25.5 Å². The van der Waals surface area contributed by atoms with Crippen molar-refractivity contribution in [2.75, 3.05) is 26.0 Å². The summed E-state index contributed by atoms with van der Waals surface area (Å²) in [5.41, 5.74) is 0. The number of hydrogen-bond donors (Lipinski definition) is 1. The second kappa shape index (κ2) is 7.59. The van der Waals surface area contributed by atoms with Gasteiger partial charge in [-0.1, -0.05) is 11.8 Å². The van der Waals surface area contributed by atoms with Gasteiger partial charge in [-0.25, -0.2) is 4.68 Å². The van der Waals surface area contributed by atoms with Crippen LogP contribution < -0.4 is 5.32 Å². The van der Waals surface area contributed by atoms with Crippen LogP contribution in [0.2, 0.25) is 0 Å². The number of rotatable bonds is 8. The molecule has 1 aromatic rings. The number of ether oxygens (including phenoxy) is 1. The SMILES string of the molecule is CNCCn1nnnc1SCCOC(C)C. The summed E-state index contributed by atoms with van der Waals surface area (Å²) in [6, 6.07) is 0. The van der Waals surface area contributed by atoms with Crippen LogP contribution >= 0.6 is 11.8 Å². The zero-order valence-electron chi connectivity index (χ0n) is 10.0. The van der Waals surface area contributed by atoms with Gasteiger partial charge in [-0.15, -0.1) is 5.10 Å². The minimum atomic E-state index is 0.279. The monoisotopic (exact) mass is 245 g/mol. The Kier molecular flexibility index (Phi) is 6.36. The van der Waals surface area contributed by atoms with Crippen molar-refractivity contribution < 1.29 is 4.74 Å². The molecule has 6 nitrogen and oxygen atoms in total. The molecule has 0 saturated carbocycles. The lowest BCUT2D eigenvalue weighted by Gasteiger charge is -2.06. The van der Waals surface area contributed by atoms with Crippen molar-refractivity contribution in [3.63, 3.8) is 0 Å². The third kappa shape index (κ3) is 4.91. The highest BCUT2D eigenvalue weighted by molar-refractivity contribution is 7.99. The first kappa shape index (κ1) is 13.4. The van der Waals surface area contributed by atoms with E-state index < -0.39 is 0 Å². The fraction of sp³-hybridized carbons (Fsp3) is 0.889. The van der Waals surface area contributed by atoms with Crippen molar-refractivity contribution in [2.24, 2.45) is 0 Å². The van der Waals surface area contributed by atoms with Crippen molar-refractivity contribution in [2.45, 2.75) is 31.7 Å². The maximum Gasteiger partial charge on any atom is 0.209 e. The number of likely N-dealkylation sites (N-methyl/N-ethyl adjacent to an activating group) is 1. The van der Waals surface area contributed by atoms with E-state index in [1.165, 1.54) is 0 Å². The minimum absolute atomic E-state index is 0.279. The van der Waals surface area contributed by atoms with Crippen LogP contribution in [0.25, 0.3) is 0 Å². The van der Waals surface area contributed by atoms with Crippen LogP contribution in [-0.4, -0.2) is 52.3 Å². The first-order valence-corrected chi connectivity index (χ1v) is 6.37. The van der Waals surface area contributed by atoms with E-state index in [2.05, 4.69) is 20.8 Å². The van der Waals surface area contributed by atoms with Gasteiger partial charge in [0, 0.05) is 12.3 Å². The van der Waals surface area contributed by atoms with E-state index >= 15 is 0 Å². The Bertz CT molecular complexity index is 291. The maximum atomic E-state index is 5.45. The summed E-state index contributed by atoms with van der Waals surface area (Å²) in [4.78, 5) is 0. The van der Waals surface area contributed by atoms with Crippen molar-refractivity contribution in [1.29, 1.82) is 0 Å². The number of nitrogens with zero attached hydrogens (tertiary/aromatic N) is 4. The zero-order valence-corrected chi connectivity index (χ0v) is 10.8. The summed E-state index contributed by atoms with van der Waals surface area (Å²) < 4.78 is 7.25. The molecule has 0 aliphatic heterocycles. The van der Waals surface area contributed by atoms with E-state index in [1.807, 2.05) is 20.9 Å². The molecule has 0 aliphatic carbocycles. The van der Waals surface area contributed by atoms with Crippen molar-refractivity contribution in [3.8, 4) is 0 Å². The van der Waals surface area contributed by atoms with Crippen LogP contribution in [0.1, 0.15) is 13.8 Å². The van der Waals surface area contributed by atoms with Crippen molar-refractivity contribution >= 4 is 11.8 Å². The average molecular weight is 245 g/mol. The van der Waals surface area contributed by atoms with E-state index in [0.29, 0.717) is 0 Å². The first-order chi connectivity index (χ1) is 7.74. The molecule has 0 unspecified atom stereocenters. The lowest BCUT2D eigenvalue weighted by atomic mass is 10.5. The molecule has 0 radical (unpaired) electrons. The molecule has 16 heavy (non-hydrogen) atoms. The predicted molar refractivity (Wildman–Crippen MR) is 63.6 cm³/mol.